The van der Waals surface area contributed by atoms with Gasteiger partial charge in [-0.25, -0.2) is 4.79 Å². The molecule has 1 saturated heterocycles. The molecule has 1 atom stereocenters. The molecule has 0 bridgehead atoms. The van der Waals surface area contributed by atoms with E-state index in [1.165, 1.54) is 25.3 Å². The number of likely N-dealkylation sites (tertiary alicyclic amines) is 1. The Morgan fingerprint density at radius 3 is 2.58 bits per heavy atom. The number of nitrogens with zero attached hydrogens (tertiary/aromatic N) is 1. The molecule has 0 spiro atoms. The maximum Gasteiger partial charge on any atom is 0.371 e. The summed E-state index contributed by atoms with van der Waals surface area (Å²) in [5, 5.41) is 8.88. The fraction of sp³-hybridized carbons (Fsp3) is 0.667. The third kappa shape index (κ3) is 3.00. The van der Waals surface area contributed by atoms with Gasteiger partial charge >= 0.3 is 5.97 Å². The molecule has 1 aromatic rings. The summed E-state index contributed by atoms with van der Waals surface area (Å²) in [6.45, 7) is 8.79. The summed E-state index contributed by atoms with van der Waals surface area (Å²) >= 11 is 0. The van der Waals surface area contributed by atoms with Gasteiger partial charge in [-0.1, -0.05) is 20.3 Å². The van der Waals surface area contributed by atoms with Crippen molar-refractivity contribution in [1.82, 2.24) is 4.90 Å². The number of carboxylic acid groups (broad SMARTS) is 1. The van der Waals surface area contributed by atoms with Crippen LogP contribution in [0.1, 0.15) is 62.4 Å². The first kappa shape index (κ1) is 14.1. The first-order valence-corrected chi connectivity index (χ1v) is 7.02. The van der Waals surface area contributed by atoms with Gasteiger partial charge in [0.15, 0.2) is 0 Å². The molecular weight excluding hydrogens is 242 g/mol. The van der Waals surface area contributed by atoms with Crippen molar-refractivity contribution in [2.24, 2.45) is 5.41 Å². The Labute approximate surface area is 114 Å². The first-order chi connectivity index (χ1) is 8.95. The molecule has 0 aromatic carbocycles. The molecule has 0 radical (unpaired) electrons. The van der Waals surface area contributed by atoms with E-state index in [2.05, 4.69) is 25.7 Å². The minimum atomic E-state index is -1.00. The molecule has 1 unspecified atom stereocenters. The lowest BCUT2D eigenvalue weighted by molar-refractivity contribution is 0.0637. The smallest absolute Gasteiger partial charge is 0.371 e. The van der Waals surface area contributed by atoms with Gasteiger partial charge in [0.25, 0.3) is 0 Å². The van der Waals surface area contributed by atoms with E-state index in [1.807, 2.05) is 0 Å². The molecule has 1 aromatic heterocycles. The lowest BCUT2D eigenvalue weighted by Crippen LogP contribution is -2.39. The first-order valence-electron chi connectivity index (χ1n) is 7.02. The molecule has 4 heteroatoms. The van der Waals surface area contributed by atoms with E-state index in [1.54, 1.807) is 6.07 Å². The van der Waals surface area contributed by atoms with E-state index in [-0.39, 0.29) is 11.8 Å². The number of furan rings is 1. The minimum Gasteiger partial charge on any atom is -0.475 e. The molecule has 2 heterocycles. The van der Waals surface area contributed by atoms with Crippen LogP contribution in [0.15, 0.2) is 16.5 Å². The highest BCUT2D eigenvalue weighted by molar-refractivity contribution is 5.84. The Morgan fingerprint density at radius 2 is 2.11 bits per heavy atom. The van der Waals surface area contributed by atoms with E-state index in [0.717, 1.165) is 18.8 Å². The average molecular weight is 265 g/mol. The van der Waals surface area contributed by atoms with Crippen molar-refractivity contribution < 1.29 is 14.3 Å². The molecule has 106 valence electrons. The minimum absolute atomic E-state index is 0.0252. The van der Waals surface area contributed by atoms with Crippen LogP contribution in [0.4, 0.5) is 0 Å². The molecular formula is C15H23NO3. The van der Waals surface area contributed by atoms with E-state index < -0.39 is 5.97 Å². The molecule has 1 N–H and O–H groups in total. The third-order valence-corrected chi connectivity index (χ3v) is 4.66. The van der Waals surface area contributed by atoms with Gasteiger partial charge in [-0.3, -0.25) is 4.90 Å². The van der Waals surface area contributed by atoms with Crippen LogP contribution in [0.2, 0.25) is 0 Å². The predicted molar refractivity (Wildman–Crippen MR) is 73.3 cm³/mol. The van der Waals surface area contributed by atoms with Crippen molar-refractivity contribution >= 4 is 5.97 Å². The number of hydrogen-bond donors (Lipinski definition) is 1. The zero-order chi connectivity index (χ0) is 14.0. The van der Waals surface area contributed by atoms with Crippen molar-refractivity contribution in [3.63, 3.8) is 0 Å². The van der Waals surface area contributed by atoms with Crippen LogP contribution in [-0.4, -0.2) is 29.1 Å². The molecule has 0 amide bonds. The summed E-state index contributed by atoms with van der Waals surface area (Å²) in [6.07, 6.45) is 3.61. The average Bonchev–Trinajstić information content (AvgIpc) is 2.88. The Balaban J connectivity index is 2.00. The standard InChI is InChI=1S/C15H23NO3/c1-4-15(3)7-9-16(10-8-15)11(2)12-5-6-13(19-12)14(17)18/h5-6,11H,4,7-10H2,1-3H3,(H,17,18). The normalized spacial score (nSPS) is 21.2. The Kier molecular flexibility index (Phi) is 3.99. The summed E-state index contributed by atoms with van der Waals surface area (Å²) < 4.78 is 5.40. The lowest BCUT2D eigenvalue weighted by atomic mass is 9.78. The molecule has 19 heavy (non-hydrogen) atoms. The molecule has 2 rings (SSSR count). The molecule has 0 saturated carbocycles. The molecule has 0 aliphatic carbocycles. The highest BCUT2D eigenvalue weighted by Gasteiger charge is 2.31. The summed E-state index contributed by atoms with van der Waals surface area (Å²) in [7, 11) is 0. The van der Waals surface area contributed by atoms with E-state index in [9.17, 15) is 4.79 Å². The van der Waals surface area contributed by atoms with Crippen molar-refractivity contribution in [3.8, 4) is 0 Å². The van der Waals surface area contributed by atoms with Crippen molar-refractivity contribution in [2.75, 3.05) is 13.1 Å². The van der Waals surface area contributed by atoms with Crippen LogP contribution in [-0.2, 0) is 0 Å². The van der Waals surface area contributed by atoms with Gasteiger partial charge in [-0.15, -0.1) is 0 Å². The van der Waals surface area contributed by atoms with Gasteiger partial charge in [-0.05, 0) is 50.4 Å². The van der Waals surface area contributed by atoms with Crippen LogP contribution in [0, 0.1) is 5.41 Å². The van der Waals surface area contributed by atoms with Gasteiger partial charge < -0.3 is 9.52 Å². The van der Waals surface area contributed by atoms with Crippen molar-refractivity contribution in [3.05, 3.63) is 23.7 Å². The number of rotatable bonds is 4. The highest BCUT2D eigenvalue weighted by Crippen LogP contribution is 2.36. The Bertz CT molecular complexity index is 444. The van der Waals surface area contributed by atoms with Crippen LogP contribution < -0.4 is 0 Å². The second kappa shape index (κ2) is 5.37. The molecule has 4 nitrogen and oxygen atoms in total. The second-order valence-corrected chi connectivity index (χ2v) is 5.88. The van der Waals surface area contributed by atoms with E-state index in [4.69, 9.17) is 9.52 Å². The van der Waals surface area contributed by atoms with Gasteiger partial charge in [0, 0.05) is 0 Å². The molecule has 1 aliphatic rings. The maximum atomic E-state index is 10.8. The lowest BCUT2D eigenvalue weighted by Gasteiger charge is -2.41. The van der Waals surface area contributed by atoms with E-state index in [0.29, 0.717) is 5.41 Å². The number of aromatic carboxylic acids is 1. The SMILES string of the molecule is CCC1(C)CCN(C(C)c2ccc(C(=O)O)o2)CC1. The van der Waals surface area contributed by atoms with Gasteiger partial charge in [0.2, 0.25) is 5.76 Å². The number of piperidine rings is 1. The highest BCUT2D eigenvalue weighted by atomic mass is 16.4. The van der Waals surface area contributed by atoms with Crippen LogP contribution in [0.3, 0.4) is 0 Å². The maximum absolute atomic E-state index is 10.8. The van der Waals surface area contributed by atoms with Crippen molar-refractivity contribution in [2.45, 2.75) is 46.1 Å². The van der Waals surface area contributed by atoms with Crippen LogP contribution in [0.5, 0.6) is 0 Å². The fourth-order valence-corrected chi connectivity index (χ4v) is 2.68. The van der Waals surface area contributed by atoms with Gasteiger partial charge in [-0.2, -0.15) is 0 Å². The predicted octanol–water partition coefficient (Wildman–Crippen LogP) is 3.55. The Hall–Kier alpha value is -1.29. The summed E-state index contributed by atoms with van der Waals surface area (Å²) in [4.78, 5) is 13.2. The summed E-state index contributed by atoms with van der Waals surface area (Å²) in [5.74, 6) is -0.231. The van der Waals surface area contributed by atoms with E-state index >= 15 is 0 Å². The number of hydrogen-bond acceptors (Lipinski definition) is 3. The second-order valence-electron chi connectivity index (χ2n) is 5.88. The summed E-state index contributed by atoms with van der Waals surface area (Å²) in [5.41, 5.74) is 0.464. The molecule has 1 fully saturated rings. The van der Waals surface area contributed by atoms with Gasteiger partial charge in [0.05, 0.1) is 6.04 Å². The van der Waals surface area contributed by atoms with Crippen LogP contribution >= 0.6 is 0 Å². The van der Waals surface area contributed by atoms with Crippen molar-refractivity contribution in [1.29, 1.82) is 0 Å². The topological polar surface area (TPSA) is 53.7 Å². The number of carboxylic acids is 1. The van der Waals surface area contributed by atoms with Crippen LogP contribution in [0.25, 0.3) is 0 Å². The monoisotopic (exact) mass is 265 g/mol. The number of carbonyl (C=O) groups is 1. The largest absolute Gasteiger partial charge is 0.475 e. The third-order valence-electron chi connectivity index (χ3n) is 4.66. The summed E-state index contributed by atoms with van der Waals surface area (Å²) in [6, 6.07) is 3.46. The Morgan fingerprint density at radius 1 is 1.47 bits per heavy atom. The fourth-order valence-electron chi connectivity index (χ4n) is 2.68. The zero-order valence-electron chi connectivity index (χ0n) is 12.0. The van der Waals surface area contributed by atoms with Gasteiger partial charge in [0.1, 0.15) is 5.76 Å². The zero-order valence-corrected chi connectivity index (χ0v) is 12.0. The molecule has 1 aliphatic heterocycles. The quantitative estimate of drug-likeness (QED) is 0.904.